The van der Waals surface area contributed by atoms with E-state index in [0.29, 0.717) is 11.4 Å². The fourth-order valence-corrected chi connectivity index (χ4v) is 2.92. The second-order valence-electron chi connectivity index (χ2n) is 6.48. The normalized spacial score (nSPS) is 11.6. The Balaban J connectivity index is 1.63. The number of pyridine rings is 1. The number of hydrogen-bond acceptors (Lipinski definition) is 3. The number of H-pyrrole nitrogens is 1. The third-order valence-electron chi connectivity index (χ3n) is 4.29. The van der Waals surface area contributed by atoms with Crippen LogP contribution in [-0.4, -0.2) is 20.7 Å². The summed E-state index contributed by atoms with van der Waals surface area (Å²) < 4.78 is 53.5. The first-order valence-electron chi connectivity index (χ1n) is 8.82. The van der Waals surface area contributed by atoms with Crippen molar-refractivity contribution in [1.29, 1.82) is 0 Å². The van der Waals surface area contributed by atoms with Crippen molar-refractivity contribution >= 4 is 11.5 Å². The van der Waals surface area contributed by atoms with E-state index in [0.717, 1.165) is 11.6 Å². The highest BCUT2D eigenvalue weighted by atomic mass is 19.4. The van der Waals surface area contributed by atoms with Crippen LogP contribution in [-0.2, 0) is 17.4 Å². The third-order valence-corrected chi connectivity index (χ3v) is 4.29. The number of alkyl halides is 3. The molecule has 0 amide bonds. The molecule has 2 N–H and O–H groups in total. The number of aromatic nitrogens is 2. The number of carbonyl (C=O) groups is 1. The number of aliphatic carboxylic acids is 1. The standard InChI is InChI=1S/C21H15F3N2O4/c22-21(23,24)17-11-16(30-19-6-2-4-14-12-25-26(14)19)7-8-18(17)29-15-5-1-3-13(9-15)10-20(27)28/h1-9,11-12,25H,10H2,(H,27,28). The van der Waals surface area contributed by atoms with Gasteiger partial charge in [0.15, 0.2) is 0 Å². The molecule has 0 fully saturated rings. The zero-order chi connectivity index (χ0) is 21.3. The van der Waals surface area contributed by atoms with E-state index in [1.54, 1.807) is 28.9 Å². The molecule has 30 heavy (non-hydrogen) atoms. The maximum absolute atomic E-state index is 13.6. The first kappa shape index (κ1) is 19.4. The molecule has 4 aromatic rings. The second kappa shape index (κ2) is 7.51. The summed E-state index contributed by atoms with van der Waals surface area (Å²) >= 11 is 0. The van der Waals surface area contributed by atoms with Crippen molar-refractivity contribution in [2.75, 3.05) is 0 Å². The number of carboxylic acids is 1. The third kappa shape index (κ3) is 4.09. The predicted molar refractivity (Wildman–Crippen MR) is 101 cm³/mol. The first-order valence-corrected chi connectivity index (χ1v) is 8.82. The highest BCUT2D eigenvalue weighted by Crippen LogP contribution is 2.41. The molecular formula is C21H15F3N2O4. The maximum atomic E-state index is 13.6. The van der Waals surface area contributed by atoms with Gasteiger partial charge in [0.05, 0.1) is 11.9 Å². The Morgan fingerprint density at radius 1 is 1.00 bits per heavy atom. The van der Waals surface area contributed by atoms with Gasteiger partial charge in [-0.2, -0.15) is 13.2 Å². The van der Waals surface area contributed by atoms with Crippen molar-refractivity contribution in [2.45, 2.75) is 12.6 Å². The number of halogens is 3. The molecule has 0 aliphatic heterocycles. The van der Waals surface area contributed by atoms with Gasteiger partial charge in [0.2, 0.25) is 5.88 Å². The Bertz CT molecular complexity index is 1210. The van der Waals surface area contributed by atoms with Crippen LogP contribution in [0.1, 0.15) is 11.1 Å². The van der Waals surface area contributed by atoms with Crippen molar-refractivity contribution in [1.82, 2.24) is 9.61 Å². The fraction of sp³-hybridized carbons (Fsp3) is 0.0952. The van der Waals surface area contributed by atoms with Crippen LogP contribution in [0.15, 0.2) is 66.9 Å². The monoisotopic (exact) mass is 416 g/mol. The first-order chi connectivity index (χ1) is 14.3. The summed E-state index contributed by atoms with van der Waals surface area (Å²) in [4.78, 5) is 10.8. The van der Waals surface area contributed by atoms with Crippen LogP contribution in [0.2, 0.25) is 0 Å². The number of rotatable bonds is 6. The molecule has 0 saturated carbocycles. The highest BCUT2D eigenvalue weighted by molar-refractivity contribution is 5.70. The number of aromatic amines is 1. The molecule has 0 atom stereocenters. The molecule has 154 valence electrons. The predicted octanol–water partition coefficient (Wildman–Crippen LogP) is 5.50. The molecule has 9 heteroatoms. The molecular weight excluding hydrogens is 401 g/mol. The second-order valence-corrected chi connectivity index (χ2v) is 6.48. The summed E-state index contributed by atoms with van der Waals surface area (Å²) in [6.45, 7) is 0. The van der Waals surface area contributed by atoms with Gasteiger partial charge in [-0.15, -0.1) is 0 Å². The Morgan fingerprint density at radius 3 is 2.47 bits per heavy atom. The number of fused-ring (bicyclic) bond motifs is 1. The summed E-state index contributed by atoms with van der Waals surface area (Å²) in [7, 11) is 0. The molecule has 6 nitrogen and oxygen atoms in total. The van der Waals surface area contributed by atoms with Crippen molar-refractivity contribution < 1.29 is 32.5 Å². The van der Waals surface area contributed by atoms with Crippen molar-refractivity contribution in [3.8, 4) is 23.1 Å². The Morgan fingerprint density at radius 2 is 1.77 bits per heavy atom. The van der Waals surface area contributed by atoms with E-state index in [4.69, 9.17) is 14.6 Å². The average molecular weight is 416 g/mol. The minimum atomic E-state index is -4.69. The minimum absolute atomic E-state index is 0.0103. The van der Waals surface area contributed by atoms with Crippen LogP contribution in [0.25, 0.3) is 5.52 Å². The molecule has 0 bridgehead atoms. The van der Waals surface area contributed by atoms with E-state index >= 15 is 0 Å². The molecule has 2 aromatic heterocycles. The smallest absolute Gasteiger partial charge is 0.420 e. The van der Waals surface area contributed by atoms with E-state index in [1.807, 2.05) is 6.07 Å². The van der Waals surface area contributed by atoms with Gasteiger partial charge in [-0.05, 0) is 42.0 Å². The Kier molecular flexibility index (Phi) is 4.86. The van der Waals surface area contributed by atoms with Crippen LogP contribution in [0.4, 0.5) is 13.2 Å². The highest BCUT2D eigenvalue weighted by Gasteiger charge is 2.35. The number of ether oxygens (including phenoxy) is 2. The Hall–Kier alpha value is -3.88. The molecule has 4 rings (SSSR count). The van der Waals surface area contributed by atoms with Gasteiger partial charge in [0, 0.05) is 12.3 Å². The van der Waals surface area contributed by atoms with Crippen LogP contribution >= 0.6 is 0 Å². The van der Waals surface area contributed by atoms with Gasteiger partial charge in [-0.25, -0.2) is 4.52 Å². The van der Waals surface area contributed by atoms with Crippen LogP contribution in [0, 0.1) is 0 Å². The lowest BCUT2D eigenvalue weighted by Crippen LogP contribution is -2.08. The van der Waals surface area contributed by atoms with Crippen LogP contribution < -0.4 is 9.47 Å². The SMILES string of the molecule is O=C(O)Cc1cccc(Oc2ccc(Oc3cccc4c[nH]n34)cc2C(F)(F)F)c1. The quantitative estimate of drug-likeness (QED) is 0.435. The molecule has 0 spiro atoms. The van der Waals surface area contributed by atoms with Gasteiger partial charge in [-0.3, -0.25) is 9.89 Å². The summed E-state index contributed by atoms with van der Waals surface area (Å²) in [6, 6.07) is 14.5. The lowest BCUT2D eigenvalue weighted by molar-refractivity contribution is -0.138. The lowest BCUT2D eigenvalue weighted by Gasteiger charge is -2.17. The van der Waals surface area contributed by atoms with E-state index in [2.05, 4.69) is 5.10 Å². The Labute approximate surface area is 168 Å². The molecule has 0 aliphatic carbocycles. The van der Waals surface area contributed by atoms with Gasteiger partial charge in [0.1, 0.15) is 22.8 Å². The van der Waals surface area contributed by atoms with Crippen LogP contribution in [0.5, 0.6) is 23.1 Å². The number of benzene rings is 2. The summed E-state index contributed by atoms with van der Waals surface area (Å²) in [5.74, 6) is -1.04. The summed E-state index contributed by atoms with van der Waals surface area (Å²) in [5, 5.41) is 11.7. The summed E-state index contributed by atoms with van der Waals surface area (Å²) in [5.41, 5.74) is 0.226. The van der Waals surface area contributed by atoms with E-state index in [-0.39, 0.29) is 17.9 Å². The molecule has 0 saturated heterocycles. The van der Waals surface area contributed by atoms with E-state index in [9.17, 15) is 18.0 Å². The molecule has 0 radical (unpaired) electrons. The fourth-order valence-electron chi connectivity index (χ4n) is 2.92. The molecule has 2 heterocycles. The van der Waals surface area contributed by atoms with Gasteiger partial charge in [0.25, 0.3) is 0 Å². The topological polar surface area (TPSA) is 76.0 Å². The van der Waals surface area contributed by atoms with Crippen LogP contribution in [0.3, 0.4) is 0 Å². The van der Waals surface area contributed by atoms with Gasteiger partial charge in [-0.1, -0.05) is 18.2 Å². The van der Waals surface area contributed by atoms with E-state index in [1.165, 1.54) is 30.3 Å². The maximum Gasteiger partial charge on any atom is 0.420 e. The number of nitrogens with zero attached hydrogens (tertiary/aromatic N) is 1. The summed E-state index contributed by atoms with van der Waals surface area (Å²) in [6.07, 6.45) is -3.22. The average Bonchev–Trinajstić information content (AvgIpc) is 2.63. The lowest BCUT2D eigenvalue weighted by atomic mass is 10.1. The van der Waals surface area contributed by atoms with Crippen molar-refractivity contribution in [2.24, 2.45) is 0 Å². The number of carboxylic acid groups (broad SMARTS) is 1. The number of hydrogen-bond donors (Lipinski definition) is 2. The zero-order valence-electron chi connectivity index (χ0n) is 15.3. The largest absolute Gasteiger partial charge is 0.481 e. The van der Waals surface area contributed by atoms with E-state index < -0.39 is 23.5 Å². The van der Waals surface area contributed by atoms with Gasteiger partial charge >= 0.3 is 12.1 Å². The van der Waals surface area contributed by atoms with Gasteiger partial charge < -0.3 is 14.6 Å². The van der Waals surface area contributed by atoms with Crippen molar-refractivity contribution in [3.05, 3.63) is 78.0 Å². The number of nitrogens with one attached hydrogen (secondary N) is 1. The van der Waals surface area contributed by atoms with Crippen molar-refractivity contribution in [3.63, 3.8) is 0 Å². The minimum Gasteiger partial charge on any atom is -0.481 e. The molecule has 0 aliphatic rings. The zero-order valence-corrected chi connectivity index (χ0v) is 15.3. The molecule has 0 unspecified atom stereocenters. The molecule has 2 aromatic carbocycles.